The highest BCUT2D eigenvalue weighted by Gasteiger charge is 2.25. The first-order valence-corrected chi connectivity index (χ1v) is 9.82. The zero-order chi connectivity index (χ0) is 19.7. The van der Waals surface area contributed by atoms with Crippen molar-refractivity contribution in [1.82, 2.24) is 4.98 Å². The molecule has 0 aromatic carbocycles. The number of hydrogen-bond donors (Lipinski definition) is 2. The maximum Gasteiger partial charge on any atom is 0.350 e. The molecule has 0 fully saturated rings. The molecule has 0 atom stereocenters. The fraction of sp³-hybridized carbons (Fsp3) is 0.500. The van der Waals surface area contributed by atoms with Crippen molar-refractivity contribution in [3.63, 3.8) is 0 Å². The Balaban J connectivity index is 2.19. The minimum absolute atomic E-state index is 0.0267. The third kappa shape index (κ3) is 4.82. The van der Waals surface area contributed by atoms with E-state index in [1.54, 1.807) is 6.20 Å². The molecule has 0 saturated carbocycles. The average Bonchev–Trinajstić information content (AvgIpc) is 3.12. The summed E-state index contributed by atoms with van der Waals surface area (Å²) < 4.78 is 4.83. The number of amides is 2. The quantitative estimate of drug-likeness (QED) is 0.697. The molecule has 142 valence electrons. The Bertz CT molecular complexity index is 810. The van der Waals surface area contributed by atoms with Crippen molar-refractivity contribution in [1.29, 1.82) is 0 Å². The Morgan fingerprint density at radius 3 is 2.12 bits per heavy atom. The van der Waals surface area contributed by atoms with Crippen LogP contribution in [0.4, 0.5) is 15.6 Å². The number of aromatic nitrogens is 1. The third-order valence-corrected chi connectivity index (χ3v) is 6.43. The van der Waals surface area contributed by atoms with Crippen LogP contribution in [0.1, 0.15) is 61.0 Å². The smallest absolute Gasteiger partial charge is 0.350 e. The van der Waals surface area contributed by atoms with E-state index in [4.69, 9.17) is 4.74 Å². The number of rotatable bonds is 3. The van der Waals surface area contributed by atoms with Gasteiger partial charge in [0.2, 0.25) is 0 Å². The Labute approximate surface area is 162 Å². The largest absolute Gasteiger partial charge is 0.465 e. The molecular formula is C18H25N3O3S2. The third-order valence-electron chi connectivity index (χ3n) is 3.56. The topological polar surface area (TPSA) is 80.3 Å². The second-order valence-electron chi connectivity index (χ2n) is 7.95. The molecule has 2 rings (SSSR count). The summed E-state index contributed by atoms with van der Waals surface area (Å²) in [7, 11) is 1.33. The number of carbonyl (C=O) groups excluding carboxylic acids is 2. The van der Waals surface area contributed by atoms with E-state index in [1.165, 1.54) is 29.8 Å². The summed E-state index contributed by atoms with van der Waals surface area (Å²) in [6, 6.07) is 1.38. The van der Waals surface area contributed by atoms with Gasteiger partial charge in [0.05, 0.1) is 12.8 Å². The van der Waals surface area contributed by atoms with Gasteiger partial charge in [0.25, 0.3) is 0 Å². The molecule has 0 saturated heterocycles. The summed E-state index contributed by atoms with van der Waals surface area (Å²) in [6.07, 6.45) is 1.77. The van der Waals surface area contributed by atoms with E-state index < -0.39 is 12.0 Å². The summed E-state index contributed by atoms with van der Waals surface area (Å²) >= 11 is 2.76. The molecule has 8 heteroatoms. The Kier molecular flexibility index (Phi) is 5.77. The van der Waals surface area contributed by atoms with Crippen LogP contribution in [0.2, 0.25) is 0 Å². The van der Waals surface area contributed by atoms with Gasteiger partial charge >= 0.3 is 12.0 Å². The summed E-state index contributed by atoms with van der Waals surface area (Å²) in [5.74, 6) is -0.468. The summed E-state index contributed by atoms with van der Waals surface area (Å²) in [4.78, 5) is 31.1. The van der Waals surface area contributed by atoms with Crippen molar-refractivity contribution < 1.29 is 14.3 Å². The molecule has 2 N–H and O–H groups in total. The molecule has 0 aliphatic carbocycles. The van der Waals surface area contributed by atoms with Crippen LogP contribution in [-0.2, 0) is 15.6 Å². The molecule has 2 amide bonds. The number of thiazole rings is 1. The standard InChI is InChI=1S/C18H25N3O3S2/c1-17(2,3)11-8-10(13(25-11)14(22)24-7)20-15(23)21-16-19-9-12(26-16)18(4,5)6/h8-9H,1-7H3,(H2,19,20,21,23). The number of ether oxygens (including phenoxy) is 1. The van der Waals surface area contributed by atoms with Crippen molar-refractivity contribution in [3.05, 3.63) is 26.9 Å². The van der Waals surface area contributed by atoms with Crippen LogP contribution in [0.25, 0.3) is 0 Å². The van der Waals surface area contributed by atoms with E-state index in [9.17, 15) is 9.59 Å². The van der Waals surface area contributed by atoms with Crippen molar-refractivity contribution in [3.8, 4) is 0 Å². The SMILES string of the molecule is COC(=O)c1sc(C(C)(C)C)cc1NC(=O)Nc1ncc(C(C)(C)C)s1. The predicted molar refractivity (Wildman–Crippen MR) is 108 cm³/mol. The van der Waals surface area contributed by atoms with Gasteiger partial charge in [-0.3, -0.25) is 5.32 Å². The lowest BCUT2D eigenvalue weighted by Gasteiger charge is -2.15. The molecule has 0 radical (unpaired) electrons. The van der Waals surface area contributed by atoms with Crippen LogP contribution >= 0.6 is 22.7 Å². The van der Waals surface area contributed by atoms with Gasteiger partial charge < -0.3 is 10.1 Å². The van der Waals surface area contributed by atoms with Gasteiger partial charge in [-0.1, -0.05) is 41.5 Å². The highest BCUT2D eigenvalue weighted by molar-refractivity contribution is 7.16. The highest BCUT2D eigenvalue weighted by Crippen LogP contribution is 2.36. The molecule has 2 aromatic heterocycles. The number of urea groups is 1. The first-order valence-electron chi connectivity index (χ1n) is 8.18. The Morgan fingerprint density at radius 2 is 1.62 bits per heavy atom. The fourth-order valence-electron chi connectivity index (χ4n) is 2.03. The number of anilines is 2. The second-order valence-corrected chi connectivity index (χ2v) is 10.0. The van der Waals surface area contributed by atoms with Crippen molar-refractivity contribution in [2.75, 3.05) is 17.7 Å². The number of methoxy groups -OCH3 is 1. The van der Waals surface area contributed by atoms with Gasteiger partial charge in [0.1, 0.15) is 4.88 Å². The van der Waals surface area contributed by atoms with E-state index >= 15 is 0 Å². The molecule has 0 aliphatic rings. The van der Waals surface area contributed by atoms with Gasteiger partial charge in [0, 0.05) is 16.0 Å². The van der Waals surface area contributed by atoms with E-state index in [2.05, 4.69) is 36.4 Å². The number of thiophene rings is 1. The number of nitrogens with zero attached hydrogens (tertiary/aromatic N) is 1. The zero-order valence-corrected chi connectivity index (χ0v) is 17.8. The molecule has 0 aliphatic heterocycles. The number of hydrogen-bond acceptors (Lipinski definition) is 6. The van der Waals surface area contributed by atoms with Crippen LogP contribution < -0.4 is 10.6 Å². The van der Waals surface area contributed by atoms with E-state index in [-0.39, 0.29) is 10.8 Å². The van der Waals surface area contributed by atoms with Crippen LogP contribution in [0, 0.1) is 0 Å². The van der Waals surface area contributed by atoms with Crippen LogP contribution in [0.5, 0.6) is 0 Å². The lowest BCUT2D eigenvalue weighted by Crippen LogP contribution is -2.20. The maximum atomic E-state index is 12.4. The predicted octanol–water partition coefficient (Wildman–Crippen LogP) is 5.23. The fourth-order valence-corrected chi connectivity index (χ4v) is 3.99. The molecule has 6 nitrogen and oxygen atoms in total. The van der Waals surface area contributed by atoms with Gasteiger partial charge in [0.15, 0.2) is 5.13 Å². The van der Waals surface area contributed by atoms with Gasteiger partial charge in [-0.05, 0) is 16.9 Å². The molecule has 0 unspecified atom stereocenters. The zero-order valence-electron chi connectivity index (χ0n) is 16.1. The van der Waals surface area contributed by atoms with Crippen LogP contribution in [0.3, 0.4) is 0 Å². The van der Waals surface area contributed by atoms with Crippen molar-refractivity contribution in [2.24, 2.45) is 0 Å². The lowest BCUT2D eigenvalue weighted by molar-refractivity contribution is 0.0607. The van der Waals surface area contributed by atoms with Crippen molar-refractivity contribution in [2.45, 2.75) is 52.4 Å². The highest BCUT2D eigenvalue weighted by atomic mass is 32.1. The minimum Gasteiger partial charge on any atom is -0.465 e. The molecule has 2 aromatic rings. The van der Waals surface area contributed by atoms with Gasteiger partial charge in [-0.15, -0.1) is 22.7 Å². The summed E-state index contributed by atoms with van der Waals surface area (Å²) in [5.41, 5.74) is 0.277. The van der Waals surface area contributed by atoms with Crippen LogP contribution in [-0.4, -0.2) is 24.1 Å². The monoisotopic (exact) mass is 395 g/mol. The van der Waals surface area contributed by atoms with E-state index in [1.807, 2.05) is 26.8 Å². The van der Waals surface area contributed by atoms with Gasteiger partial charge in [-0.25, -0.2) is 14.6 Å². The maximum absolute atomic E-state index is 12.4. The Hall–Kier alpha value is -1.93. The molecular weight excluding hydrogens is 370 g/mol. The molecule has 2 heterocycles. The van der Waals surface area contributed by atoms with Crippen molar-refractivity contribution >= 4 is 45.5 Å². The minimum atomic E-state index is -0.468. The Morgan fingerprint density at radius 1 is 1.00 bits per heavy atom. The first kappa shape index (κ1) is 20.4. The number of carbonyl (C=O) groups is 2. The van der Waals surface area contributed by atoms with Crippen LogP contribution in [0.15, 0.2) is 12.3 Å². The molecule has 0 bridgehead atoms. The second kappa shape index (κ2) is 7.36. The van der Waals surface area contributed by atoms with E-state index in [0.29, 0.717) is 15.7 Å². The number of nitrogens with one attached hydrogen (secondary N) is 2. The normalized spacial score (nSPS) is 12.0. The summed E-state index contributed by atoms with van der Waals surface area (Å²) in [5, 5.41) is 5.98. The lowest BCUT2D eigenvalue weighted by atomic mass is 9.94. The summed E-state index contributed by atoms with van der Waals surface area (Å²) in [6.45, 7) is 12.4. The average molecular weight is 396 g/mol. The number of esters is 1. The first-order chi connectivity index (χ1) is 11.9. The molecule has 0 spiro atoms. The van der Waals surface area contributed by atoms with E-state index in [0.717, 1.165) is 9.75 Å². The molecule has 26 heavy (non-hydrogen) atoms. The van der Waals surface area contributed by atoms with Gasteiger partial charge in [-0.2, -0.15) is 0 Å².